The molecule has 0 unspecified atom stereocenters. The predicted molar refractivity (Wildman–Crippen MR) is 146 cm³/mol. The van der Waals surface area contributed by atoms with Crippen LogP contribution in [0.15, 0.2) is 78.9 Å². The van der Waals surface area contributed by atoms with Crippen molar-refractivity contribution in [3.63, 3.8) is 0 Å². The predicted octanol–water partition coefficient (Wildman–Crippen LogP) is 5.44. The second-order valence-corrected chi connectivity index (χ2v) is 10.2. The van der Waals surface area contributed by atoms with E-state index in [9.17, 15) is 14.4 Å². The first-order valence-corrected chi connectivity index (χ1v) is 12.9. The molecule has 198 valence electrons. The van der Waals surface area contributed by atoms with E-state index in [1.54, 1.807) is 4.90 Å². The molecule has 2 N–H and O–H groups in total. The molecule has 1 aliphatic carbocycles. The smallest absolute Gasteiger partial charge is 0.407 e. The van der Waals surface area contributed by atoms with E-state index in [1.165, 1.54) is 11.1 Å². The van der Waals surface area contributed by atoms with E-state index in [-0.39, 0.29) is 37.9 Å². The third-order valence-corrected chi connectivity index (χ3v) is 7.04. The summed E-state index contributed by atoms with van der Waals surface area (Å²) < 4.78 is 5.60. The molecule has 0 atom stereocenters. The van der Waals surface area contributed by atoms with E-state index >= 15 is 0 Å². The van der Waals surface area contributed by atoms with Crippen LogP contribution in [0.25, 0.3) is 11.1 Å². The second kappa shape index (κ2) is 11.9. The number of hydrogen-bond acceptors (Lipinski definition) is 4. The average molecular weight is 515 g/mol. The van der Waals surface area contributed by atoms with Crippen LogP contribution in [0.5, 0.6) is 0 Å². The molecule has 7 nitrogen and oxygen atoms in total. The zero-order valence-electron chi connectivity index (χ0n) is 21.9. The van der Waals surface area contributed by atoms with Crippen LogP contribution in [-0.2, 0) is 20.9 Å². The van der Waals surface area contributed by atoms with Gasteiger partial charge in [-0.1, -0.05) is 92.7 Å². The summed E-state index contributed by atoms with van der Waals surface area (Å²) in [5, 5.41) is 11.9. The van der Waals surface area contributed by atoms with Crippen LogP contribution in [0.2, 0.25) is 0 Å². The van der Waals surface area contributed by atoms with Crippen molar-refractivity contribution in [2.45, 2.75) is 39.2 Å². The number of nitrogens with zero attached hydrogens (tertiary/aromatic N) is 1. The van der Waals surface area contributed by atoms with E-state index in [4.69, 9.17) is 9.84 Å². The van der Waals surface area contributed by atoms with Crippen molar-refractivity contribution in [3.05, 3.63) is 95.6 Å². The highest BCUT2D eigenvalue weighted by Gasteiger charge is 2.33. The van der Waals surface area contributed by atoms with Gasteiger partial charge in [-0.3, -0.25) is 9.59 Å². The number of nitrogens with one attached hydrogen (secondary N) is 1. The Labute approximate surface area is 223 Å². The number of amides is 2. The van der Waals surface area contributed by atoms with Crippen LogP contribution >= 0.6 is 0 Å². The number of carboxylic acids is 1. The molecule has 38 heavy (non-hydrogen) atoms. The van der Waals surface area contributed by atoms with Gasteiger partial charge in [-0.2, -0.15) is 0 Å². The van der Waals surface area contributed by atoms with Crippen LogP contribution in [-0.4, -0.2) is 47.7 Å². The van der Waals surface area contributed by atoms with Crippen molar-refractivity contribution in [2.75, 3.05) is 19.7 Å². The molecular weight excluding hydrogens is 480 g/mol. The molecule has 4 rings (SSSR count). The first kappa shape index (κ1) is 26.9. The summed E-state index contributed by atoms with van der Waals surface area (Å²) >= 11 is 0. The number of carbonyl (C=O) groups excluding carboxylic acids is 2. The molecule has 1 aliphatic rings. The molecule has 7 heteroatoms. The largest absolute Gasteiger partial charge is 0.481 e. The van der Waals surface area contributed by atoms with E-state index in [0.717, 1.165) is 16.7 Å². The Morgan fingerprint density at radius 1 is 0.895 bits per heavy atom. The Morgan fingerprint density at radius 2 is 1.47 bits per heavy atom. The van der Waals surface area contributed by atoms with Gasteiger partial charge in [0.1, 0.15) is 6.61 Å². The molecule has 0 heterocycles. The van der Waals surface area contributed by atoms with Crippen LogP contribution < -0.4 is 5.32 Å². The molecule has 0 radical (unpaired) electrons. The summed E-state index contributed by atoms with van der Waals surface area (Å²) in [5.41, 5.74) is 4.75. The fourth-order valence-electron chi connectivity index (χ4n) is 4.95. The number of ether oxygens (including phenoxy) is 1. The van der Waals surface area contributed by atoms with Crippen molar-refractivity contribution in [1.29, 1.82) is 0 Å². The molecule has 2 amide bonds. The van der Waals surface area contributed by atoms with Crippen LogP contribution in [0.3, 0.4) is 0 Å². The third kappa shape index (κ3) is 6.40. The maximum absolute atomic E-state index is 13.4. The quantitative estimate of drug-likeness (QED) is 0.355. The Hall–Kier alpha value is -4.13. The number of aliphatic carboxylic acids is 1. The molecule has 0 aromatic heterocycles. The van der Waals surface area contributed by atoms with Gasteiger partial charge < -0.3 is 20.1 Å². The van der Waals surface area contributed by atoms with E-state index in [2.05, 4.69) is 29.6 Å². The molecule has 0 fully saturated rings. The summed E-state index contributed by atoms with van der Waals surface area (Å²) in [4.78, 5) is 38.7. The van der Waals surface area contributed by atoms with Gasteiger partial charge in [-0.05, 0) is 34.2 Å². The Bertz CT molecular complexity index is 1240. The number of carbonyl (C=O) groups is 3. The first-order valence-electron chi connectivity index (χ1n) is 12.9. The van der Waals surface area contributed by atoms with Gasteiger partial charge in [-0.15, -0.1) is 0 Å². The summed E-state index contributed by atoms with van der Waals surface area (Å²) in [5.74, 6) is -1.13. The molecule has 0 saturated heterocycles. The zero-order chi connectivity index (χ0) is 27.1. The number of rotatable bonds is 11. The summed E-state index contributed by atoms with van der Waals surface area (Å²) in [7, 11) is 0. The van der Waals surface area contributed by atoms with Gasteiger partial charge in [0.25, 0.3) is 0 Å². The molecule has 0 spiro atoms. The topological polar surface area (TPSA) is 95.9 Å². The first-order chi connectivity index (χ1) is 18.3. The standard InChI is InChI=1S/C31H34N2O5/c1-31(2,29(36)33(19-16-28(34)35)20-22-10-4-3-5-11-22)17-18-32-30(37)38-21-27-25-14-8-6-12-23(25)24-13-7-9-15-26(24)27/h3-15,27H,16-21H2,1-2H3,(H,32,37)(H,34,35). The van der Waals surface area contributed by atoms with Gasteiger partial charge in [0.2, 0.25) is 5.91 Å². The van der Waals surface area contributed by atoms with Crippen molar-refractivity contribution in [3.8, 4) is 11.1 Å². The van der Waals surface area contributed by atoms with E-state index in [1.807, 2.05) is 68.4 Å². The lowest BCUT2D eigenvalue weighted by Crippen LogP contribution is -2.43. The highest BCUT2D eigenvalue weighted by molar-refractivity contribution is 5.82. The third-order valence-electron chi connectivity index (χ3n) is 7.04. The molecule has 3 aromatic carbocycles. The minimum Gasteiger partial charge on any atom is -0.481 e. The second-order valence-electron chi connectivity index (χ2n) is 10.2. The number of benzene rings is 3. The Morgan fingerprint density at radius 3 is 2.08 bits per heavy atom. The van der Waals surface area contributed by atoms with Crippen molar-refractivity contribution < 1.29 is 24.2 Å². The normalized spacial score (nSPS) is 12.4. The van der Waals surface area contributed by atoms with Gasteiger partial charge >= 0.3 is 12.1 Å². The number of fused-ring (bicyclic) bond motifs is 3. The number of carboxylic acid groups (broad SMARTS) is 1. The molecule has 3 aromatic rings. The highest BCUT2D eigenvalue weighted by Crippen LogP contribution is 2.44. The fourth-order valence-corrected chi connectivity index (χ4v) is 4.95. The molecule has 0 aliphatic heterocycles. The Balaban J connectivity index is 1.31. The van der Waals surface area contributed by atoms with E-state index in [0.29, 0.717) is 13.0 Å². The number of hydrogen-bond donors (Lipinski definition) is 2. The van der Waals surface area contributed by atoms with Crippen LogP contribution in [0.1, 0.15) is 49.3 Å². The maximum Gasteiger partial charge on any atom is 0.407 e. The minimum absolute atomic E-state index is 0.0213. The highest BCUT2D eigenvalue weighted by atomic mass is 16.5. The maximum atomic E-state index is 13.4. The van der Waals surface area contributed by atoms with Crippen molar-refractivity contribution >= 4 is 18.0 Å². The zero-order valence-corrected chi connectivity index (χ0v) is 21.9. The SMILES string of the molecule is CC(C)(CCNC(=O)OCC1c2ccccc2-c2ccccc21)C(=O)N(CCC(=O)O)Cc1ccccc1. The van der Waals surface area contributed by atoms with E-state index < -0.39 is 17.5 Å². The molecular formula is C31H34N2O5. The van der Waals surface area contributed by atoms with Gasteiger partial charge in [0.15, 0.2) is 0 Å². The van der Waals surface area contributed by atoms with Gasteiger partial charge in [-0.25, -0.2) is 4.79 Å². The number of alkyl carbamates (subject to hydrolysis) is 1. The minimum atomic E-state index is -0.953. The average Bonchev–Trinajstić information content (AvgIpc) is 3.23. The monoisotopic (exact) mass is 514 g/mol. The summed E-state index contributed by atoms with van der Waals surface area (Å²) in [6, 6.07) is 25.8. The van der Waals surface area contributed by atoms with Crippen molar-refractivity contribution in [1.82, 2.24) is 10.2 Å². The molecule has 0 saturated carbocycles. The lowest BCUT2D eigenvalue weighted by molar-refractivity contribution is -0.143. The van der Waals surface area contributed by atoms with Gasteiger partial charge in [0, 0.05) is 31.0 Å². The van der Waals surface area contributed by atoms with Crippen LogP contribution in [0.4, 0.5) is 4.79 Å². The van der Waals surface area contributed by atoms with Crippen LogP contribution in [0, 0.1) is 5.41 Å². The molecule has 0 bridgehead atoms. The summed E-state index contributed by atoms with van der Waals surface area (Å²) in [6.07, 6.45) is -0.275. The Kier molecular flexibility index (Phi) is 8.46. The summed E-state index contributed by atoms with van der Waals surface area (Å²) in [6.45, 7) is 4.55. The lowest BCUT2D eigenvalue weighted by Gasteiger charge is -2.32. The van der Waals surface area contributed by atoms with Gasteiger partial charge in [0.05, 0.1) is 6.42 Å². The fraction of sp³-hybridized carbons (Fsp3) is 0.323. The van der Waals surface area contributed by atoms with Crippen molar-refractivity contribution in [2.24, 2.45) is 5.41 Å². The lowest BCUT2D eigenvalue weighted by atomic mass is 9.87.